The number of hydrogen-bond acceptors (Lipinski definition) is 3. The summed E-state index contributed by atoms with van der Waals surface area (Å²) >= 11 is 6.10. The van der Waals surface area contributed by atoms with Gasteiger partial charge in [0.25, 0.3) is 5.91 Å². The Balaban J connectivity index is 1.45. The van der Waals surface area contributed by atoms with Crippen LogP contribution in [0, 0.1) is 11.7 Å². The second kappa shape index (κ2) is 8.49. The molecule has 29 heavy (non-hydrogen) atoms. The first kappa shape index (κ1) is 19.8. The molecule has 7 heteroatoms. The van der Waals surface area contributed by atoms with Gasteiger partial charge in [-0.05, 0) is 49.4 Å². The van der Waals surface area contributed by atoms with Gasteiger partial charge in [-0.3, -0.25) is 14.6 Å². The van der Waals surface area contributed by atoms with Crippen LogP contribution in [-0.4, -0.2) is 52.3 Å². The lowest BCUT2D eigenvalue weighted by Crippen LogP contribution is -2.57. The second-order valence-electron chi connectivity index (χ2n) is 7.69. The number of nitrogens with zero attached hydrogens (tertiary/aromatic N) is 3. The summed E-state index contributed by atoms with van der Waals surface area (Å²) in [6.07, 6.45) is 4.16. The largest absolute Gasteiger partial charge is 0.339 e. The third-order valence-electron chi connectivity index (χ3n) is 5.95. The zero-order valence-electron chi connectivity index (χ0n) is 16.1. The number of pyridine rings is 1. The number of rotatable bonds is 3. The van der Waals surface area contributed by atoms with Crippen LogP contribution < -0.4 is 0 Å². The summed E-state index contributed by atoms with van der Waals surface area (Å²) in [6, 6.07) is 9.87. The Labute approximate surface area is 174 Å². The molecule has 0 spiro atoms. The van der Waals surface area contributed by atoms with E-state index in [4.69, 9.17) is 11.6 Å². The number of hydrogen-bond donors (Lipinski definition) is 0. The van der Waals surface area contributed by atoms with E-state index < -0.39 is 5.82 Å². The number of benzene rings is 1. The molecule has 2 fully saturated rings. The molecule has 2 saturated heterocycles. The molecule has 2 aromatic rings. The smallest absolute Gasteiger partial charge is 0.272 e. The van der Waals surface area contributed by atoms with Gasteiger partial charge in [-0.2, -0.15) is 0 Å². The van der Waals surface area contributed by atoms with Crippen LogP contribution in [0.1, 0.15) is 35.3 Å². The summed E-state index contributed by atoms with van der Waals surface area (Å²) in [5, 5.41) is 0.280. The highest BCUT2D eigenvalue weighted by molar-refractivity contribution is 6.31. The van der Waals surface area contributed by atoms with Crippen molar-refractivity contribution in [2.24, 2.45) is 5.92 Å². The van der Waals surface area contributed by atoms with Crippen LogP contribution >= 0.6 is 11.6 Å². The van der Waals surface area contributed by atoms with Gasteiger partial charge in [-0.25, -0.2) is 4.39 Å². The number of halogens is 2. The lowest BCUT2D eigenvalue weighted by molar-refractivity contribution is -0.137. The maximum Gasteiger partial charge on any atom is 0.272 e. The molecule has 2 aliphatic rings. The molecule has 0 saturated carbocycles. The van der Waals surface area contributed by atoms with E-state index in [-0.39, 0.29) is 40.8 Å². The van der Waals surface area contributed by atoms with Crippen molar-refractivity contribution < 1.29 is 14.0 Å². The molecule has 5 nitrogen and oxygen atoms in total. The minimum absolute atomic E-state index is 0.0364. The minimum atomic E-state index is -0.449. The molecule has 2 amide bonds. The quantitative estimate of drug-likeness (QED) is 0.770. The van der Waals surface area contributed by atoms with Crippen LogP contribution in [0.5, 0.6) is 0 Å². The number of carbonyl (C=O) groups is 2. The third-order valence-corrected chi connectivity index (χ3v) is 6.30. The Hall–Kier alpha value is -2.47. The van der Waals surface area contributed by atoms with Crippen LogP contribution in [0.4, 0.5) is 4.39 Å². The van der Waals surface area contributed by atoms with E-state index in [1.54, 1.807) is 24.4 Å². The van der Waals surface area contributed by atoms with Gasteiger partial charge in [-0.1, -0.05) is 23.7 Å². The molecule has 152 valence electrons. The summed E-state index contributed by atoms with van der Waals surface area (Å²) in [7, 11) is 0. The Morgan fingerprint density at radius 2 is 2.00 bits per heavy atom. The van der Waals surface area contributed by atoms with Gasteiger partial charge in [0.15, 0.2) is 0 Å². The summed E-state index contributed by atoms with van der Waals surface area (Å²) in [5.41, 5.74) is 0.702. The van der Waals surface area contributed by atoms with Gasteiger partial charge in [0, 0.05) is 42.5 Å². The van der Waals surface area contributed by atoms with Gasteiger partial charge in [0.1, 0.15) is 11.5 Å². The highest BCUT2D eigenvalue weighted by Gasteiger charge is 2.39. The fourth-order valence-electron chi connectivity index (χ4n) is 4.50. The van der Waals surface area contributed by atoms with Crippen LogP contribution in [0.15, 0.2) is 42.6 Å². The molecule has 3 heterocycles. The van der Waals surface area contributed by atoms with E-state index in [1.807, 2.05) is 15.9 Å². The number of likely N-dealkylation sites (tertiary alicyclic amines) is 2. The summed E-state index contributed by atoms with van der Waals surface area (Å²) in [6.45, 7) is 1.87. The van der Waals surface area contributed by atoms with Crippen molar-refractivity contribution in [3.63, 3.8) is 0 Å². The number of carbonyl (C=O) groups excluding carboxylic acids is 2. The molecule has 0 N–H and O–H groups in total. The lowest BCUT2D eigenvalue weighted by atomic mass is 9.83. The molecule has 1 aromatic carbocycles. The topological polar surface area (TPSA) is 53.5 Å². The fraction of sp³-hybridized carbons (Fsp3) is 0.409. The number of piperidine rings is 2. The van der Waals surface area contributed by atoms with Crippen LogP contribution in [0.2, 0.25) is 5.02 Å². The van der Waals surface area contributed by atoms with E-state index >= 15 is 0 Å². The molecule has 0 radical (unpaired) electrons. The monoisotopic (exact) mass is 415 g/mol. The molecule has 0 bridgehead atoms. The molecule has 2 atom stereocenters. The molecular formula is C22H23ClFN3O2. The summed E-state index contributed by atoms with van der Waals surface area (Å²) in [5.74, 6) is -0.387. The predicted molar refractivity (Wildman–Crippen MR) is 108 cm³/mol. The van der Waals surface area contributed by atoms with Crippen LogP contribution in [-0.2, 0) is 11.2 Å². The maximum absolute atomic E-state index is 14.1. The molecule has 4 rings (SSSR count). The Morgan fingerprint density at radius 3 is 2.76 bits per heavy atom. The fourth-order valence-corrected chi connectivity index (χ4v) is 4.73. The van der Waals surface area contributed by atoms with E-state index in [0.29, 0.717) is 25.3 Å². The van der Waals surface area contributed by atoms with Crippen LogP contribution in [0.3, 0.4) is 0 Å². The Kier molecular flexibility index (Phi) is 5.81. The van der Waals surface area contributed by atoms with Crippen molar-refractivity contribution in [3.05, 3.63) is 64.7 Å². The first-order chi connectivity index (χ1) is 14.0. The first-order valence-electron chi connectivity index (χ1n) is 9.97. The predicted octanol–water partition coefficient (Wildman–Crippen LogP) is 3.57. The zero-order valence-corrected chi connectivity index (χ0v) is 16.8. The minimum Gasteiger partial charge on any atom is -0.339 e. The SMILES string of the molecule is O=C(c1ccccn1)N1CC[C@H]2[C@H](CCCN2C(=O)Cc2c(F)cccc2Cl)C1. The normalized spacial score (nSPS) is 21.6. The third kappa shape index (κ3) is 4.13. The molecule has 0 aliphatic carbocycles. The second-order valence-corrected chi connectivity index (χ2v) is 8.10. The average molecular weight is 416 g/mol. The van der Waals surface area contributed by atoms with E-state index in [9.17, 15) is 14.0 Å². The average Bonchev–Trinajstić information content (AvgIpc) is 2.75. The maximum atomic E-state index is 14.1. The van der Waals surface area contributed by atoms with Gasteiger partial charge < -0.3 is 9.80 Å². The van der Waals surface area contributed by atoms with E-state index in [2.05, 4.69) is 4.98 Å². The van der Waals surface area contributed by atoms with Crippen molar-refractivity contribution in [1.29, 1.82) is 0 Å². The van der Waals surface area contributed by atoms with Gasteiger partial charge in [-0.15, -0.1) is 0 Å². The Morgan fingerprint density at radius 1 is 1.14 bits per heavy atom. The standard InChI is InChI=1S/C22H23ClFN3O2/c23-17-6-3-7-18(24)16(17)13-21(28)27-11-4-5-15-14-26(12-9-20(15)27)22(29)19-8-1-2-10-25-19/h1-3,6-8,10,15,20H,4-5,9,11-14H2/t15-,20+/m1/s1. The first-order valence-corrected chi connectivity index (χ1v) is 10.3. The summed E-state index contributed by atoms with van der Waals surface area (Å²) in [4.78, 5) is 33.6. The number of fused-ring (bicyclic) bond motifs is 1. The molecule has 2 aliphatic heterocycles. The lowest BCUT2D eigenvalue weighted by Gasteiger charge is -2.47. The van der Waals surface area contributed by atoms with Crippen molar-refractivity contribution >= 4 is 23.4 Å². The number of amides is 2. The molecule has 1 aromatic heterocycles. The van der Waals surface area contributed by atoms with Gasteiger partial charge in [0.05, 0.1) is 6.42 Å². The number of aromatic nitrogens is 1. The van der Waals surface area contributed by atoms with Crippen molar-refractivity contribution in [2.45, 2.75) is 31.7 Å². The van der Waals surface area contributed by atoms with Crippen molar-refractivity contribution in [1.82, 2.24) is 14.8 Å². The van der Waals surface area contributed by atoms with Gasteiger partial charge >= 0.3 is 0 Å². The zero-order chi connectivity index (χ0) is 20.4. The highest BCUT2D eigenvalue weighted by atomic mass is 35.5. The van der Waals surface area contributed by atoms with Gasteiger partial charge in [0.2, 0.25) is 5.91 Å². The Bertz CT molecular complexity index is 888. The summed E-state index contributed by atoms with van der Waals surface area (Å²) < 4.78 is 14.1. The van der Waals surface area contributed by atoms with E-state index in [1.165, 1.54) is 12.1 Å². The van der Waals surface area contributed by atoms with Crippen molar-refractivity contribution in [2.75, 3.05) is 19.6 Å². The van der Waals surface area contributed by atoms with Crippen molar-refractivity contribution in [3.8, 4) is 0 Å². The highest BCUT2D eigenvalue weighted by Crippen LogP contribution is 2.32. The molecule has 0 unspecified atom stereocenters. The van der Waals surface area contributed by atoms with E-state index in [0.717, 1.165) is 19.3 Å². The van der Waals surface area contributed by atoms with Crippen LogP contribution in [0.25, 0.3) is 0 Å². The molecular weight excluding hydrogens is 393 g/mol.